The quantitative estimate of drug-likeness (QED) is 0.725. The number of anilines is 1. The minimum absolute atomic E-state index is 0.150. The summed E-state index contributed by atoms with van der Waals surface area (Å²) < 4.78 is 9.95. The number of nitrogens with two attached hydrogens (primary N) is 1. The fraction of sp³-hybridized carbons (Fsp3) is 0.111. The van der Waals surface area contributed by atoms with E-state index in [0.29, 0.717) is 11.6 Å². The summed E-state index contributed by atoms with van der Waals surface area (Å²) in [5.41, 5.74) is 7.05. The molecule has 5 heteroatoms. The summed E-state index contributed by atoms with van der Waals surface area (Å²) in [4.78, 5) is 0. The van der Waals surface area contributed by atoms with Gasteiger partial charge in [-0.15, -0.1) is 5.10 Å². The molecule has 0 spiro atoms. The minimum atomic E-state index is 0.150. The van der Waals surface area contributed by atoms with Crippen LogP contribution in [0.15, 0.2) is 28.7 Å². The fourth-order valence-electron chi connectivity index (χ4n) is 1.03. The lowest BCUT2D eigenvalue weighted by atomic mass is 10.2. The van der Waals surface area contributed by atoms with Crippen LogP contribution in [-0.2, 0) is 0 Å². The number of benzene rings is 1. The van der Waals surface area contributed by atoms with Crippen LogP contribution in [0, 0.1) is 0 Å². The molecule has 0 saturated carbocycles. The van der Waals surface area contributed by atoms with Gasteiger partial charge in [0.1, 0.15) is 0 Å². The summed E-state index contributed by atoms with van der Waals surface area (Å²) in [5.74, 6) is 0.418. The van der Waals surface area contributed by atoms with Gasteiger partial charge in [0.2, 0.25) is 0 Å². The molecular formula is C9H9N3O2. The van der Waals surface area contributed by atoms with E-state index < -0.39 is 0 Å². The van der Waals surface area contributed by atoms with Gasteiger partial charge in [-0.05, 0) is 24.3 Å². The van der Waals surface area contributed by atoms with Gasteiger partial charge in [-0.1, -0.05) is 5.10 Å². The normalized spacial score (nSPS) is 10.1. The largest absolute Gasteiger partial charge is 0.452 e. The van der Waals surface area contributed by atoms with Gasteiger partial charge >= 0.3 is 6.08 Å². The van der Waals surface area contributed by atoms with Gasteiger partial charge in [0.25, 0.3) is 5.89 Å². The van der Waals surface area contributed by atoms with E-state index in [0.717, 1.165) is 5.56 Å². The van der Waals surface area contributed by atoms with Crippen LogP contribution < -0.4 is 10.5 Å². The number of hydrogen-bond donors (Lipinski definition) is 1. The zero-order valence-corrected chi connectivity index (χ0v) is 7.60. The summed E-state index contributed by atoms with van der Waals surface area (Å²) in [6, 6.07) is 7.16. The lowest BCUT2D eigenvalue weighted by molar-refractivity contribution is 0.293. The molecule has 1 heterocycles. The van der Waals surface area contributed by atoms with E-state index >= 15 is 0 Å². The second kappa shape index (κ2) is 3.37. The lowest BCUT2D eigenvalue weighted by Gasteiger charge is -1.94. The van der Waals surface area contributed by atoms with Gasteiger partial charge in [-0.3, -0.25) is 0 Å². The maximum atomic E-state index is 5.54. The van der Waals surface area contributed by atoms with Crippen molar-refractivity contribution >= 4 is 5.69 Å². The topological polar surface area (TPSA) is 74.2 Å². The Kier molecular flexibility index (Phi) is 2.06. The van der Waals surface area contributed by atoms with Crippen molar-refractivity contribution < 1.29 is 9.15 Å². The van der Waals surface area contributed by atoms with E-state index in [1.165, 1.54) is 7.11 Å². The first-order chi connectivity index (χ1) is 6.79. The van der Waals surface area contributed by atoms with Crippen molar-refractivity contribution in [1.82, 2.24) is 10.2 Å². The number of methoxy groups -OCH3 is 1. The molecule has 0 amide bonds. The highest BCUT2D eigenvalue weighted by molar-refractivity contribution is 5.56. The molecule has 0 aliphatic carbocycles. The third kappa shape index (κ3) is 1.52. The first-order valence-electron chi connectivity index (χ1n) is 4.03. The van der Waals surface area contributed by atoms with Crippen molar-refractivity contribution in [3.63, 3.8) is 0 Å². The monoisotopic (exact) mass is 191 g/mol. The molecule has 0 radical (unpaired) electrons. The molecule has 1 aromatic carbocycles. The molecule has 14 heavy (non-hydrogen) atoms. The van der Waals surface area contributed by atoms with E-state index in [9.17, 15) is 0 Å². The van der Waals surface area contributed by atoms with Gasteiger partial charge in [-0.25, -0.2) is 0 Å². The molecule has 72 valence electrons. The first-order valence-corrected chi connectivity index (χ1v) is 4.03. The van der Waals surface area contributed by atoms with Crippen molar-refractivity contribution in [1.29, 1.82) is 0 Å². The molecule has 2 N–H and O–H groups in total. The number of nitrogen functional groups attached to an aromatic ring is 1. The summed E-state index contributed by atoms with van der Waals surface area (Å²) >= 11 is 0. The second-order valence-corrected chi connectivity index (χ2v) is 2.70. The van der Waals surface area contributed by atoms with Gasteiger partial charge in [0.15, 0.2) is 0 Å². The van der Waals surface area contributed by atoms with E-state index in [1.807, 2.05) is 12.1 Å². The molecule has 0 aliphatic heterocycles. The van der Waals surface area contributed by atoms with Gasteiger partial charge < -0.3 is 14.9 Å². The Balaban J connectivity index is 2.34. The van der Waals surface area contributed by atoms with Crippen LogP contribution in [0.25, 0.3) is 11.5 Å². The highest BCUT2D eigenvalue weighted by Gasteiger charge is 2.07. The Morgan fingerprint density at radius 2 is 1.93 bits per heavy atom. The van der Waals surface area contributed by atoms with Gasteiger partial charge in [0.05, 0.1) is 7.11 Å². The smallest absolute Gasteiger partial charge is 0.414 e. The molecular weight excluding hydrogens is 182 g/mol. The maximum Gasteiger partial charge on any atom is 0.414 e. The van der Waals surface area contributed by atoms with Crippen LogP contribution in [0.3, 0.4) is 0 Å². The molecule has 5 nitrogen and oxygen atoms in total. The SMILES string of the molecule is COc1nnc(-c2ccc(N)cc2)o1. The molecule has 0 unspecified atom stereocenters. The van der Waals surface area contributed by atoms with Crippen molar-refractivity contribution in [2.45, 2.75) is 0 Å². The third-order valence-corrected chi connectivity index (χ3v) is 1.74. The molecule has 0 atom stereocenters. The zero-order valence-electron chi connectivity index (χ0n) is 7.60. The molecule has 0 aliphatic rings. The number of hydrogen-bond acceptors (Lipinski definition) is 5. The minimum Gasteiger partial charge on any atom is -0.452 e. The van der Waals surface area contributed by atoms with Gasteiger partial charge in [-0.2, -0.15) is 0 Å². The van der Waals surface area contributed by atoms with Crippen LogP contribution in [0.4, 0.5) is 5.69 Å². The van der Waals surface area contributed by atoms with E-state index in [-0.39, 0.29) is 6.08 Å². The Labute approximate surface area is 80.5 Å². The van der Waals surface area contributed by atoms with Gasteiger partial charge in [0, 0.05) is 11.3 Å². The Hall–Kier alpha value is -2.04. The lowest BCUT2D eigenvalue weighted by Crippen LogP contribution is -1.83. The van der Waals surface area contributed by atoms with Crippen LogP contribution in [-0.4, -0.2) is 17.3 Å². The molecule has 2 rings (SSSR count). The van der Waals surface area contributed by atoms with E-state index in [2.05, 4.69) is 10.2 Å². The van der Waals surface area contributed by atoms with Crippen LogP contribution in [0.5, 0.6) is 6.08 Å². The standard InChI is InChI=1S/C9H9N3O2/c1-13-9-12-11-8(14-9)6-2-4-7(10)5-3-6/h2-5H,10H2,1H3. The Morgan fingerprint density at radius 1 is 1.21 bits per heavy atom. The number of aromatic nitrogens is 2. The molecule has 0 fully saturated rings. The molecule has 0 bridgehead atoms. The van der Waals surface area contributed by atoms with Crippen molar-refractivity contribution in [2.24, 2.45) is 0 Å². The second-order valence-electron chi connectivity index (χ2n) is 2.70. The van der Waals surface area contributed by atoms with Crippen LogP contribution >= 0.6 is 0 Å². The fourth-order valence-corrected chi connectivity index (χ4v) is 1.03. The van der Waals surface area contributed by atoms with Crippen molar-refractivity contribution in [3.05, 3.63) is 24.3 Å². The maximum absolute atomic E-state index is 5.54. The highest BCUT2D eigenvalue weighted by Crippen LogP contribution is 2.21. The highest BCUT2D eigenvalue weighted by atomic mass is 16.6. The molecule has 2 aromatic rings. The number of nitrogens with zero attached hydrogens (tertiary/aromatic N) is 2. The Morgan fingerprint density at radius 3 is 2.50 bits per heavy atom. The van der Waals surface area contributed by atoms with E-state index in [1.54, 1.807) is 12.1 Å². The average Bonchev–Trinajstić information content (AvgIpc) is 2.67. The predicted molar refractivity (Wildman–Crippen MR) is 50.7 cm³/mol. The summed E-state index contributed by atoms with van der Waals surface area (Å²) in [6.45, 7) is 0. The average molecular weight is 191 g/mol. The third-order valence-electron chi connectivity index (χ3n) is 1.74. The predicted octanol–water partition coefficient (Wildman–Crippen LogP) is 1.33. The molecule has 1 aromatic heterocycles. The Bertz CT molecular complexity index is 422. The zero-order chi connectivity index (χ0) is 9.97. The van der Waals surface area contributed by atoms with Crippen LogP contribution in [0.2, 0.25) is 0 Å². The van der Waals surface area contributed by atoms with Crippen molar-refractivity contribution in [2.75, 3.05) is 12.8 Å². The number of rotatable bonds is 2. The summed E-state index contributed by atoms with van der Waals surface area (Å²) in [7, 11) is 1.47. The van der Waals surface area contributed by atoms with E-state index in [4.69, 9.17) is 14.9 Å². The summed E-state index contributed by atoms with van der Waals surface area (Å²) in [5, 5.41) is 7.47. The van der Waals surface area contributed by atoms with Crippen LogP contribution in [0.1, 0.15) is 0 Å². The number of ether oxygens (including phenoxy) is 1. The summed E-state index contributed by atoms with van der Waals surface area (Å²) in [6.07, 6.45) is 0.150. The first kappa shape index (κ1) is 8.55. The van der Waals surface area contributed by atoms with Crippen molar-refractivity contribution in [3.8, 4) is 17.5 Å². The molecule has 0 saturated heterocycles.